The number of nitrogens with zero attached hydrogens (tertiary/aromatic N) is 3. The van der Waals surface area contributed by atoms with E-state index in [9.17, 15) is 10.1 Å². The van der Waals surface area contributed by atoms with Crippen molar-refractivity contribution in [1.82, 2.24) is 10.2 Å². The standard InChI is InChI=1S/C16H13N3O4/c1-11-4-2-3-5-14(11)22-10-15-17-18-16(23-15)12-6-8-13(9-7-12)19(20)21/h2-9H,10H2,1H3. The Labute approximate surface area is 131 Å². The fourth-order valence-electron chi connectivity index (χ4n) is 2.01. The van der Waals surface area contributed by atoms with E-state index in [4.69, 9.17) is 9.15 Å². The van der Waals surface area contributed by atoms with Crippen LogP contribution in [0.3, 0.4) is 0 Å². The molecule has 0 N–H and O–H groups in total. The number of hydrogen-bond acceptors (Lipinski definition) is 6. The molecule has 0 saturated carbocycles. The Morgan fingerprint density at radius 1 is 1.13 bits per heavy atom. The molecule has 3 rings (SSSR count). The molecule has 0 aliphatic rings. The van der Waals surface area contributed by atoms with Gasteiger partial charge in [-0.1, -0.05) is 18.2 Å². The number of benzene rings is 2. The molecule has 7 nitrogen and oxygen atoms in total. The van der Waals surface area contributed by atoms with Crippen molar-refractivity contribution in [3.8, 4) is 17.2 Å². The molecule has 0 bridgehead atoms. The first-order chi connectivity index (χ1) is 11.1. The van der Waals surface area contributed by atoms with Crippen molar-refractivity contribution < 1.29 is 14.1 Å². The lowest BCUT2D eigenvalue weighted by Crippen LogP contribution is -1.97. The fraction of sp³-hybridized carbons (Fsp3) is 0.125. The fourth-order valence-corrected chi connectivity index (χ4v) is 2.01. The third kappa shape index (κ3) is 3.34. The maximum absolute atomic E-state index is 10.6. The van der Waals surface area contributed by atoms with Gasteiger partial charge in [-0.15, -0.1) is 10.2 Å². The van der Waals surface area contributed by atoms with Crippen LogP contribution in [-0.4, -0.2) is 15.1 Å². The summed E-state index contributed by atoms with van der Waals surface area (Å²) in [6.07, 6.45) is 0. The highest BCUT2D eigenvalue weighted by Gasteiger charge is 2.11. The highest BCUT2D eigenvalue weighted by Crippen LogP contribution is 2.22. The minimum absolute atomic E-state index is 0.0105. The van der Waals surface area contributed by atoms with E-state index in [1.54, 1.807) is 12.1 Å². The van der Waals surface area contributed by atoms with E-state index in [1.807, 2.05) is 31.2 Å². The first kappa shape index (κ1) is 14.7. The van der Waals surface area contributed by atoms with Gasteiger partial charge in [0.05, 0.1) is 4.92 Å². The van der Waals surface area contributed by atoms with Gasteiger partial charge >= 0.3 is 0 Å². The molecule has 0 spiro atoms. The normalized spacial score (nSPS) is 10.5. The summed E-state index contributed by atoms with van der Waals surface area (Å²) < 4.78 is 11.2. The number of non-ortho nitro benzene ring substituents is 1. The predicted octanol–water partition coefficient (Wildman–Crippen LogP) is 3.53. The zero-order chi connectivity index (χ0) is 16.2. The van der Waals surface area contributed by atoms with Crippen LogP contribution in [0.4, 0.5) is 5.69 Å². The van der Waals surface area contributed by atoms with Crippen molar-refractivity contribution in [3.05, 3.63) is 70.1 Å². The van der Waals surface area contributed by atoms with Crippen LogP contribution in [0.15, 0.2) is 52.9 Å². The van der Waals surface area contributed by atoms with E-state index in [1.165, 1.54) is 12.1 Å². The van der Waals surface area contributed by atoms with Crippen molar-refractivity contribution in [2.24, 2.45) is 0 Å². The van der Waals surface area contributed by atoms with E-state index >= 15 is 0 Å². The molecule has 0 saturated heterocycles. The molecule has 0 fully saturated rings. The van der Waals surface area contributed by atoms with Crippen LogP contribution in [0.5, 0.6) is 5.75 Å². The predicted molar refractivity (Wildman–Crippen MR) is 81.9 cm³/mol. The van der Waals surface area contributed by atoms with E-state index < -0.39 is 4.92 Å². The Hall–Kier alpha value is -3.22. The van der Waals surface area contributed by atoms with E-state index in [0.717, 1.165) is 11.3 Å². The van der Waals surface area contributed by atoms with Crippen LogP contribution in [0.25, 0.3) is 11.5 Å². The highest BCUT2D eigenvalue weighted by molar-refractivity contribution is 5.55. The number of aromatic nitrogens is 2. The molecule has 0 radical (unpaired) electrons. The molecule has 23 heavy (non-hydrogen) atoms. The molecule has 3 aromatic rings. The second kappa shape index (κ2) is 6.27. The van der Waals surface area contributed by atoms with Crippen LogP contribution in [0.1, 0.15) is 11.5 Å². The second-order valence-corrected chi connectivity index (χ2v) is 4.86. The summed E-state index contributed by atoms with van der Waals surface area (Å²) in [5.41, 5.74) is 1.64. The molecule has 0 atom stereocenters. The molecule has 2 aromatic carbocycles. The van der Waals surface area contributed by atoms with Gasteiger partial charge in [0.1, 0.15) is 5.75 Å². The van der Waals surface area contributed by atoms with Crippen LogP contribution >= 0.6 is 0 Å². The van der Waals surface area contributed by atoms with Gasteiger partial charge in [0.15, 0.2) is 6.61 Å². The summed E-state index contributed by atoms with van der Waals surface area (Å²) in [6.45, 7) is 2.11. The molecular formula is C16H13N3O4. The molecule has 1 aromatic heterocycles. The number of ether oxygens (including phenoxy) is 1. The highest BCUT2D eigenvalue weighted by atomic mass is 16.6. The zero-order valence-corrected chi connectivity index (χ0v) is 12.3. The molecule has 0 aliphatic heterocycles. The zero-order valence-electron chi connectivity index (χ0n) is 12.3. The third-order valence-electron chi connectivity index (χ3n) is 3.24. The molecular weight excluding hydrogens is 298 g/mol. The smallest absolute Gasteiger partial charge is 0.269 e. The van der Waals surface area contributed by atoms with Gasteiger partial charge in [0.2, 0.25) is 5.89 Å². The minimum Gasteiger partial charge on any atom is -0.484 e. The first-order valence-electron chi connectivity index (χ1n) is 6.89. The SMILES string of the molecule is Cc1ccccc1OCc1nnc(-c2ccc([N+](=O)[O-])cc2)o1. The van der Waals surface area contributed by atoms with Crippen LogP contribution in [0, 0.1) is 17.0 Å². The molecule has 1 heterocycles. The number of para-hydroxylation sites is 1. The summed E-state index contributed by atoms with van der Waals surface area (Å²) in [5, 5.41) is 18.5. The van der Waals surface area contributed by atoms with E-state index in [-0.39, 0.29) is 12.3 Å². The van der Waals surface area contributed by atoms with Crippen molar-refractivity contribution >= 4 is 5.69 Å². The number of nitro benzene ring substituents is 1. The van der Waals surface area contributed by atoms with Gasteiger partial charge < -0.3 is 9.15 Å². The number of rotatable bonds is 5. The molecule has 116 valence electrons. The van der Waals surface area contributed by atoms with Crippen molar-refractivity contribution in [2.75, 3.05) is 0 Å². The van der Waals surface area contributed by atoms with Crippen molar-refractivity contribution in [2.45, 2.75) is 13.5 Å². The van der Waals surface area contributed by atoms with Crippen LogP contribution in [-0.2, 0) is 6.61 Å². The third-order valence-corrected chi connectivity index (χ3v) is 3.24. The Bertz CT molecular complexity index is 827. The van der Waals surface area contributed by atoms with Gasteiger partial charge in [0.25, 0.3) is 11.6 Å². The average molecular weight is 311 g/mol. The lowest BCUT2D eigenvalue weighted by atomic mass is 10.2. The maximum atomic E-state index is 10.6. The number of aryl methyl sites for hydroxylation is 1. The molecule has 7 heteroatoms. The Balaban J connectivity index is 1.70. The average Bonchev–Trinajstić information content (AvgIpc) is 3.03. The van der Waals surface area contributed by atoms with Crippen LogP contribution < -0.4 is 4.74 Å². The van der Waals surface area contributed by atoms with Gasteiger partial charge in [-0.3, -0.25) is 10.1 Å². The summed E-state index contributed by atoms with van der Waals surface area (Å²) in [4.78, 5) is 10.2. The monoisotopic (exact) mass is 311 g/mol. The Kier molecular flexibility index (Phi) is 4.01. The van der Waals surface area contributed by atoms with Gasteiger partial charge in [-0.2, -0.15) is 0 Å². The Morgan fingerprint density at radius 3 is 2.57 bits per heavy atom. The molecule has 0 unspecified atom stereocenters. The van der Waals surface area contributed by atoms with Gasteiger partial charge in [0, 0.05) is 17.7 Å². The largest absolute Gasteiger partial charge is 0.484 e. The van der Waals surface area contributed by atoms with Gasteiger partial charge in [-0.05, 0) is 30.7 Å². The van der Waals surface area contributed by atoms with Crippen molar-refractivity contribution in [3.63, 3.8) is 0 Å². The number of nitro groups is 1. The summed E-state index contributed by atoms with van der Waals surface area (Å²) in [6, 6.07) is 13.6. The summed E-state index contributed by atoms with van der Waals surface area (Å²) in [5.74, 6) is 1.38. The lowest BCUT2D eigenvalue weighted by Gasteiger charge is -2.05. The Morgan fingerprint density at radius 2 is 1.87 bits per heavy atom. The van der Waals surface area contributed by atoms with E-state index in [2.05, 4.69) is 10.2 Å². The maximum Gasteiger partial charge on any atom is 0.269 e. The van der Waals surface area contributed by atoms with Crippen molar-refractivity contribution in [1.29, 1.82) is 0 Å². The topological polar surface area (TPSA) is 91.3 Å². The summed E-state index contributed by atoms with van der Waals surface area (Å²) >= 11 is 0. The van der Waals surface area contributed by atoms with Gasteiger partial charge in [-0.25, -0.2) is 0 Å². The lowest BCUT2D eigenvalue weighted by molar-refractivity contribution is -0.384. The van der Waals surface area contributed by atoms with E-state index in [0.29, 0.717) is 17.3 Å². The molecule has 0 amide bonds. The summed E-state index contributed by atoms with van der Waals surface area (Å²) in [7, 11) is 0. The second-order valence-electron chi connectivity index (χ2n) is 4.86. The molecule has 0 aliphatic carbocycles. The number of hydrogen-bond donors (Lipinski definition) is 0. The van der Waals surface area contributed by atoms with Crippen LogP contribution in [0.2, 0.25) is 0 Å². The quantitative estimate of drug-likeness (QED) is 0.528. The minimum atomic E-state index is -0.459. The first-order valence-corrected chi connectivity index (χ1v) is 6.89.